The summed E-state index contributed by atoms with van der Waals surface area (Å²) in [5.41, 5.74) is 0. The summed E-state index contributed by atoms with van der Waals surface area (Å²) in [4.78, 5) is 0. The van der Waals surface area contributed by atoms with Crippen LogP contribution in [0, 0.1) is 11.8 Å². The van der Waals surface area contributed by atoms with Crippen molar-refractivity contribution >= 4 is 0 Å². The van der Waals surface area contributed by atoms with Gasteiger partial charge in [0.25, 0.3) is 0 Å². The van der Waals surface area contributed by atoms with Crippen LogP contribution in [0.5, 0.6) is 0 Å². The van der Waals surface area contributed by atoms with Gasteiger partial charge in [0.2, 0.25) is 0 Å². The highest BCUT2D eigenvalue weighted by molar-refractivity contribution is 4.77. The Labute approximate surface area is 94.8 Å². The molecule has 0 bridgehead atoms. The van der Waals surface area contributed by atoms with Crippen LogP contribution in [0.15, 0.2) is 0 Å². The van der Waals surface area contributed by atoms with Gasteiger partial charge in [-0.2, -0.15) is 0 Å². The van der Waals surface area contributed by atoms with Crippen molar-refractivity contribution in [2.24, 2.45) is 11.8 Å². The van der Waals surface area contributed by atoms with Crippen molar-refractivity contribution < 1.29 is 4.74 Å². The van der Waals surface area contributed by atoms with E-state index in [-0.39, 0.29) is 0 Å². The van der Waals surface area contributed by atoms with Gasteiger partial charge in [-0.3, -0.25) is 0 Å². The molecule has 1 N–H and O–H groups in total. The summed E-state index contributed by atoms with van der Waals surface area (Å²) in [5.74, 6) is 1.59. The summed E-state index contributed by atoms with van der Waals surface area (Å²) in [6.07, 6.45) is 5.29. The molecule has 0 heterocycles. The highest BCUT2D eigenvalue weighted by atomic mass is 16.5. The lowest BCUT2D eigenvalue weighted by molar-refractivity contribution is 0.107. The van der Waals surface area contributed by atoms with Crippen molar-refractivity contribution in [2.45, 2.75) is 52.5 Å². The highest BCUT2D eigenvalue weighted by Gasteiger charge is 2.19. The Morgan fingerprint density at radius 3 is 2.73 bits per heavy atom. The van der Waals surface area contributed by atoms with Crippen LogP contribution in [0.4, 0.5) is 0 Å². The zero-order valence-electron chi connectivity index (χ0n) is 10.6. The average molecular weight is 213 g/mol. The lowest BCUT2D eigenvalue weighted by Crippen LogP contribution is -2.28. The van der Waals surface area contributed by atoms with Crippen LogP contribution in [0.2, 0.25) is 0 Å². The van der Waals surface area contributed by atoms with Gasteiger partial charge in [0.05, 0.1) is 0 Å². The third-order valence-electron chi connectivity index (χ3n) is 3.04. The number of hydrogen-bond donors (Lipinski definition) is 1. The van der Waals surface area contributed by atoms with Crippen molar-refractivity contribution in [1.82, 2.24) is 5.32 Å². The van der Waals surface area contributed by atoms with E-state index < -0.39 is 0 Å². The van der Waals surface area contributed by atoms with Gasteiger partial charge in [0.15, 0.2) is 0 Å². The average Bonchev–Trinajstić information content (AvgIpc) is 2.57. The third kappa shape index (κ3) is 6.16. The second-order valence-electron chi connectivity index (χ2n) is 5.39. The van der Waals surface area contributed by atoms with Gasteiger partial charge < -0.3 is 10.1 Å². The van der Waals surface area contributed by atoms with E-state index in [2.05, 4.69) is 26.1 Å². The molecule has 2 nitrogen and oxygen atoms in total. The number of ether oxygens (including phenoxy) is 1. The summed E-state index contributed by atoms with van der Waals surface area (Å²) >= 11 is 0. The van der Waals surface area contributed by atoms with Crippen LogP contribution in [0.25, 0.3) is 0 Å². The van der Waals surface area contributed by atoms with Gasteiger partial charge in [-0.05, 0) is 44.1 Å². The smallest absolute Gasteiger partial charge is 0.0489 e. The third-order valence-corrected chi connectivity index (χ3v) is 3.04. The Balaban J connectivity index is 1.85. The fourth-order valence-electron chi connectivity index (χ4n) is 2.19. The molecule has 0 aliphatic heterocycles. The van der Waals surface area contributed by atoms with Gasteiger partial charge in [-0.15, -0.1) is 0 Å². The zero-order chi connectivity index (χ0) is 11.1. The lowest BCUT2D eigenvalue weighted by Gasteiger charge is -2.12. The molecule has 0 amide bonds. The first kappa shape index (κ1) is 13.0. The molecule has 0 aromatic heterocycles. The Morgan fingerprint density at radius 2 is 2.13 bits per heavy atom. The maximum absolute atomic E-state index is 5.54. The number of rotatable bonds is 7. The molecule has 90 valence electrons. The second kappa shape index (κ2) is 7.24. The quantitative estimate of drug-likeness (QED) is 0.657. The number of hydrogen-bond acceptors (Lipinski definition) is 2. The van der Waals surface area contributed by atoms with E-state index in [0.29, 0.717) is 5.92 Å². The fourth-order valence-corrected chi connectivity index (χ4v) is 2.19. The molecule has 1 rings (SSSR count). The van der Waals surface area contributed by atoms with Crippen molar-refractivity contribution in [3.63, 3.8) is 0 Å². The predicted molar refractivity (Wildman–Crippen MR) is 65.1 cm³/mol. The van der Waals surface area contributed by atoms with Gasteiger partial charge >= 0.3 is 0 Å². The molecular weight excluding hydrogens is 186 g/mol. The molecule has 0 aromatic carbocycles. The van der Waals surface area contributed by atoms with E-state index in [9.17, 15) is 0 Å². The molecule has 15 heavy (non-hydrogen) atoms. The summed E-state index contributed by atoms with van der Waals surface area (Å²) < 4.78 is 5.54. The molecule has 0 aromatic rings. The summed E-state index contributed by atoms with van der Waals surface area (Å²) in [6.45, 7) is 9.67. The molecule has 0 radical (unpaired) electrons. The molecule has 1 saturated carbocycles. The SMILES string of the molecule is CC(C)COCCCNC1CCC(C)C1. The van der Waals surface area contributed by atoms with Crippen LogP contribution < -0.4 is 5.32 Å². The summed E-state index contributed by atoms with van der Waals surface area (Å²) in [7, 11) is 0. The first-order valence-electron chi connectivity index (χ1n) is 6.49. The lowest BCUT2D eigenvalue weighted by atomic mass is 10.1. The van der Waals surface area contributed by atoms with E-state index in [4.69, 9.17) is 4.74 Å². The minimum absolute atomic E-state index is 0.661. The van der Waals surface area contributed by atoms with Gasteiger partial charge in [0.1, 0.15) is 0 Å². The molecule has 2 unspecified atom stereocenters. The van der Waals surface area contributed by atoms with Crippen LogP contribution in [0.3, 0.4) is 0 Å². The van der Waals surface area contributed by atoms with E-state index in [1.165, 1.54) is 19.3 Å². The fraction of sp³-hybridized carbons (Fsp3) is 1.00. The first-order valence-corrected chi connectivity index (χ1v) is 6.49. The molecule has 2 heteroatoms. The van der Waals surface area contributed by atoms with Crippen LogP contribution in [-0.4, -0.2) is 25.8 Å². The van der Waals surface area contributed by atoms with Gasteiger partial charge in [-0.1, -0.05) is 20.8 Å². The summed E-state index contributed by atoms with van der Waals surface area (Å²) in [6, 6.07) is 0.782. The van der Waals surface area contributed by atoms with E-state index in [1.807, 2.05) is 0 Å². The van der Waals surface area contributed by atoms with Gasteiger partial charge in [0, 0.05) is 19.3 Å². The molecule has 1 aliphatic carbocycles. The van der Waals surface area contributed by atoms with Crippen molar-refractivity contribution in [2.75, 3.05) is 19.8 Å². The Hall–Kier alpha value is -0.0800. The maximum Gasteiger partial charge on any atom is 0.0489 e. The minimum atomic E-state index is 0.661. The molecule has 0 spiro atoms. The molecule has 2 atom stereocenters. The van der Waals surface area contributed by atoms with Crippen molar-refractivity contribution in [3.05, 3.63) is 0 Å². The maximum atomic E-state index is 5.54. The molecular formula is C13H27NO. The van der Waals surface area contributed by atoms with Crippen LogP contribution in [0.1, 0.15) is 46.5 Å². The second-order valence-corrected chi connectivity index (χ2v) is 5.39. The van der Waals surface area contributed by atoms with E-state index >= 15 is 0 Å². The topological polar surface area (TPSA) is 21.3 Å². The van der Waals surface area contributed by atoms with Crippen molar-refractivity contribution in [1.29, 1.82) is 0 Å². The minimum Gasteiger partial charge on any atom is -0.381 e. The standard InChI is InChI=1S/C13H27NO/c1-11(2)10-15-8-4-7-14-13-6-5-12(3)9-13/h11-14H,4-10H2,1-3H3. The normalized spacial score (nSPS) is 26.4. The monoisotopic (exact) mass is 213 g/mol. The van der Waals surface area contributed by atoms with Gasteiger partial charge in [-0.25, -0.2) is 0 Å². The van der Waals surface area contributed by atoms with Crippen molar-refractivity contribution in [3.8, 4) is 0 Å². The Bertz CT molecular complexity index is 159. The molecule has 1 aliphatic rings. The van der Waals surface area contributed by atoms with E-state index in [0.717, 1.165) is 38.1 Å². The molecule has 0 saturated heterocycles. The number of nitrogens with one attached hydrogen (secondary N) is 1. The largest absolute Gasteiger partial charge is 0.381 e. The van der Waals surface area contributed by atoms with Crippen LogP contribution in [-0.2, 0) is 4.74 Å². The van der Waals surface area contributed by atoms with E-state index in [1.54, 1.807) is 0 Å². The predicted octanol–water partition coefficient (Wildman–Crippen LogP) is 2.83. The first-order chi connectivity index (χ1) is 7.18. The molecule has 1 fully saturated rings. The van der Waals surface area contributed by atoms with Crippen LogP contribution >= 0.6 is 0 Å². The Kier molecular flexibility index (Phi) is 6.26. The summed E-state index contributed by atoms with van der Waals surface area (Å²) in [5, 5.41) is 3.62. The zero-order valence-corrected chi connectivity index (χ0v) is 10.6. The highest BCUT2D eigenvalue weighted by Crippen LogP contribution is 2.24. The Morgan fingerprint density at radius 1 is 1.33 bits per heavy atom.